The van der Waals surface area contributed by atoms with Crippen molar-refractivity contribution in [1.82, 2.24) is 38.0 Å². The van der Waals surface area contributed by atoms with Crippen molar-refractivity contribution < 1.29 is 4.52 Å². The van der Waals surface area contributed by atoms with E-state index in [2.05, 4.69) is 96.4 Å². The highest BCUT2D eigenvalue weighted by atomic mass is 16.5. The smallest absolute Gasteiger partial charge is 0.258 e. The second-order valence-electron chi connectivity index (χ2n) is 12.1. The van der Waals surface area contributed by atoms with Gasteiger partial charge in [-0.05, 0) is 104 Å². The Morgan fingerprint density at radius 3 is 1.78 bits per heavy atom. The van der Waals surface area contributed by atoms with E-state index in [4.69, 9.17) is 19.5 Å². The first-order valence-corrected chi connectivity index (χ1v) is 16.4. The zero-order chi connectivity index (χ0) is 33.3. The highest BCUT2D eigenvalue weighted by Gasteiger charge is 2.20. The summed E-state index contributed by atoms with van der Waals surface area (Å²) in [6.07, 6.45) is 5.86. The van der Waals surface area contributed by atoms with E-state index < -0.39 is 0 Å². The summed E-state index contributed by atoms with van der Waals surface area (Å²) in [6.45, 7) is 6.06. The van der Waals surface area contributed by atoms with Gasteiger partial charge in [-0.2, -0.15) is 4.98 Å². The summed E-state index contributed by atoms with van der Waals surface area (Å²) >= 11 is 0. The van der Waals surface area contributed by atoms with Crippen molar-refractivity contribution in [2.75, 3.05) is 0 Å². The van der Waals surface area contributed by atoms with Gasteiger partial charge in [0.25, 0.3) is 5.89 Å². The van der Waals surface area contributed by atoms with Crippen LogP contribution in [0.15, 0.2) is 139 Å². The molecule has 0 saturated heterocycles. The Labute approximate surface area is 285 Å². The fourth-order valence-electron chi connectivity index (χ4n) is 7.08. The number of hydrogen-bond donors (Lipinski definition) is 0. The summed E-state index contributed by atoms with van der Waals surface area (Å²) in [7, 11) is 0. The van der Waals surface area contributed by atoms with Crippen LogP contribution in [0.5, 0.6) is 0 Å². The Morgan fingerprint density at radius 1 is 0.580 bits per heavy atom. The predicted octanol–water partition coefficient (Wildman–Crippen LogP) is 9.42. The van der Waals surface area contributed by atoms with E-state index >= 15 is 0 Å². The van der Waals surface area contributed by atoms with Crippen LogP contribution in [0.25, 0.3) is 91.0 Å². The summed E-state index contributed by atoms with van der Waals surface area (Å²) in [6, 6.07) is 41.2. The van der Waals surface area contributed by atoms with Crippen LogP contribution in [0.4, 0.5) is 0 Å². The molecule has 0 radical (unpaired) electrons. The lowest BCUT2D eigenvalue weighted by Gasteiger charge is -2.06. The summed E-state index contributed by atoms with van der Waals surface area (Å²) in [5.74, 6) is 2.66. The van der Waals surface area contributed by atoms with E-state index in [1.54, 1.807) is 0 Å². The van der Waals surface area contributed by atoms with E-state index in [1.165, 1.54) is 0 Å². The third-order valence-electron chi connectivity index (χ3n) is 9.29. The van der Waals surface area contributed by atoms with Crippen LogP contribution in [-0.2, 0) is 0 Å². The normalized spacial score (nSPS) is 12.1. The largest absolute Gasteiger partial charge is 0.334 e. The van der Waals surface area contributed by atoms with Crippen molar-refractivity contribution >= 4 is 56.8 Å². The molecule has 0 aliphatic heterocycles. The Bertz CT molecular complexity index is 2950. The number of para-hydroxylation sites is 6. The number of hydrogen-bond acceptors (Lipinski definition) is 5. The average molecular weight is 649 g/mol. The summed E-state index contributed by atoms with van der Waals surface area (Å²) < 4.78 is 14.5. The number of rotatable bonds is 6. The molecule has 5 aromatic heterocycles. The van der Waals surface area contributed by atoms with Crippen molar-refractivity contribution in [2.24, 2.45) is 0 Å². The molecule has 238 valence electrons. The molecule has 0 aliphatic rings. The van der Waals surface area contributed by atoms with E-state index in [9.17, 15) is 0 Å². The first kappa shape index (κ1) is 28.1. The van der Waals surface area contributed by atoms with E-state index in [1.807, 2.05) is 79.7 Å². The van der Waals surface area contributed by atoms with Gasteiger partial charge in [0.2, 0.25) is 17.4 Å². The van der Waals surface area contributed by atoms with Crippen molar-refractivity contribution in [1.29, 1.82) is 0 Å². The summed E-state index contributed by atoms with van der Waals surface area (Å²) in [5, 5.41) is 4.33. The molecule has 0 aliphatic carbocycles. The number of benzene rings is 5. The molecule has 0 amide bonds. The van der Waals surface area contributed by atoms with Crippen LogP contribution >= 0.6 is 0 Å². The predicted molar refractivity (Wildman–Crippen MR) is 199 cm³/mol. The molecule has 0 saturated carbocycles. The second kappa shape index (κ2) is 10.8. The molecule has 0 spiro atoms. The number of imidazole rings is 4. The van der Waals surface area contributed by atoms with Crippen molar-refractivity contribution in [3.8, 4) is 34.2 Å². The maximum absolute atomic E-state index is 5.77. The maximum atomic E-state index is 5.77. The Kier molecular flexibility index (Phi) is 6.04. The number of aromatic nitrogens is 8. The molecule has 0 fully saturated rings. The molecule has 50 heavy (non-hydrogen) atoms. The minimum Gasteiger partial charge on any atom is -0.334 e. The number of fused-ring (bicyclic) bond motifs is 8. The third kappa shape index (κ3) is 4.00. The minimum atomic E-state index is 0.449. The zero-order valence-corrected chi connectivity index (χ0v) is 27.0. The number of allylic oxidation sites excluding steroid dienone is 1. The van der Waals surface area contributed by atoms with Crippen LogP contribution in [0.2, 0.25) is 0 Å². The van der Waals surface area contributed by atoms with Crippen LogP contribution in [0.3, 0.4) is 0 Å². The molecule has 5 aromatic carbocycles. The molecule has 0 bridgehead atoms. The van der Waals surface area contributed by atoms with Crippen molar-refractivity contribution in [3.63, 3.8) is 0 Å². The Hall–Kier alpha value is -7.00. The molecular weight excluding hydrogens is 621 g/mol. The van der Waals surface area contributed by atoms with Crippen LogP contribution in [0.1, 0.15) is 18.3 Å². The Morgan fingerprint density at radius 2 is 1.14 bits per heavy atom. The third-order valence-corrected chi connectivity index (χ3v) is 9.29. The van der Waals surface area contributed by atoms with E-state index in [-0.39, 0.29) is 0 Å². The van der Waals surface area contributed by atoms with E-state index in [0.717, 1.165) is 78.5 Å². The summed E-state index contributed by atoms with van der Waals surface area (Å²) in [5.41, 5.74) is 11.8. The van der Waals surface area contributed by atoms with Crippen LogP contribution < -0.4 is 0 Å². The van der Waals surface area contributed by atoms with Crippen molar-refractivity contribution in [2.45, 2.75) is 6.92 Å². The standard InChI is InChI=1S/C41H28N8O/c1-3-11-30-32(4-2)48-36-16-9-7-14-34(36)46(40(48)42-30)29-24-20-27(21-25-29)39-44-38(45-50-39)26-18-22-28(23-19-26)47-35-15-8-10-17-37(35)49-33-13-6-5-12-31(33)43-41(47)49/h3-25H,2H2,1H3/b11-3-. The molecule has 9 nitrogen and oxygen atoms in total. The van der Waals surface area contributed by atoms with Gasteiger partial charge in [-0.25, -0.2) is 9.97 Å². The van der Waals surface area contributed by atoms with Gasteiger partial charge in [-0.1, -0.05) is 54.2 Å². The fourth-order valence-corrected chi connectivity index (χ4v) is 7.08. The Balaban J connectivity index is 0.991. The molecule has 10 rings (SSSR count). The first-order chi connectivity index (χ1) is 24.7. The lowest BCUT2D eigenvalue weighted by molar-refractivity contribution is 0.432. The molecule has 0 atom stereocenters. The van der Waals surface area contributed by atoms with Crippen LogP contribution in [-0.4, -0.2) is 38.0 Å². The van der Waals surface area contributed by atoms with E-state index in [0.29, 0.717) is 11.7 Å². The van der Waals surface area contributed by atoms with Crippen LogP contribution in [0, 0.1) is 0 Å². The first-order valence-electron chi connectivity index (χ1n) is 16.4. The van der Waals surface area contributed by atoms with Gasteiger partial charge in [0.1, 0.15) is 0 Å². The monoisotopic (exact) mass is 648 g/mol. The van der Waals surface area contributed by atoms with Gasteiger partial charge in [0, 0.05) is 22.5 Å². The molecule has 5 heterocycles. The molecule has 10 aromatic rings. The van der Waals surface area contributed by atoms with Gasteiger partial charge in [-0.15, -0.1) is 0 Å². The lowest BCUT2D eigenvalue weighted by Crippen LogP contribution is -1.95. The zero-order valence-electron chi connectivity index (χ0n) is 27.0. The van der Waals surface area contributed by atoms with Gasteiger partial charge < -0.3 is 4.52 Å². The maximum Gasteiger partial charge on any atom is 0.258 e. The SMILES string of the molecule is C=Cc1c(/C=C\C)nc2n(-c3ccc(-c4nc(-c5ccc(-n6c7ccccc7n7c8ccccc8nc67)cc5)no4)cc3)c3ccccc3n12. The lowest BCUT2D eigenvalue weighted by atomic mass is 10.2. The van der Waals surface area contributed by atoms with Gasteiger partial charge >= 0.3 is 0 Å². The average Bonchev–Trinajstić information content (AvgIpc) is 3.98. The quantitative estimate of drug-likeness (QED) is 0.179. The fraction of sp³-hybridized carbons (Fsp3) is 0.0244. The summed E-state index contributed by atoms with van der Waals surface area (Å²) in [4.78, 5) is 14.7. The number of nitrogens with zero attached hydrogens (tertiary/aromatic N) is 8. The van der Waals surface area contributed by atoms with Crippen molar-refractivity contribution in [3.05, 3.63) is 145 Å². The molecule has 9 heteroatoms. The minimum absolute atomic E-state index is 0.449. The van der Waals surface area contributed by atoms with Gasteiger partial charge in [0.15, 0.2) is 0 Å². The highest BCUT2D eigenvalue weighted by molar-refractivity contribution is 5.92. The molecule has 0 unspecified atom stereocenters. The highest BCUT2D eigenvalue weighted by Crippen LogP contribution is 2.32. The van der Waals surface area contributed by atoms with Gasteiger partial charge in [0.05, 0.1) is 44.5 Å². The molecule has 0 N–H and O–H groups in total. The molecular formula is C41H28N8O. The topological polar surface area (TPSA) is 83.4 Å². The van der Waals surface area contributed by atoms with Gasteiger partial charge in [-0.3, -0.25) is 17.9 Å². The second-order valence-corrected chi connectivity index (χ2v) is 12.1.